The third-order valence-electron chi connectivity index (χ3n) is 4.32. The normalized spacial score (nSPS) is 24.3. The predicted molar refractivity (Wildman–Crippen MR) is 77.0 cm³/mol. The molecule has 1 heterocycles. The topological polar surface area (TPSA) is 38.7 Å². The molecule has 1 aliphatic heterocycles. The number of ether oxygens (including phenoxy) is 1. The maximum atomic E-state index is 14.1. The molecule has 0 spiro atoms. The first-order chi connectivity index (χ1) is 9.21. The molecule has 111 valence electrons. The van der Waals surface area contributed by atoms with E-state index in [1.165, 1.54) is 7.48 Å². The molecule has 1 aliphatic carbocycles. The fourth-order valence-corrected chi connectivity index (χ4v) is 2.14. The lowest BCUT2D eigenvalue weighted by Gasteiger charge is -2.38. The summed E-state index contributed by atoms with van der Waals surface area (Å²) in [5.74, 6) is -0.216. The van der Waals surface area contributed by atoms with Crippen molar-refractivity contribution in [2.75, 3.05) is 6.61 Å². The zero-order chi connectivity index (χ0) is 15.0. The van der Waals surface area contributed by atoms with Gasteiger partial charge in [0.2, 0.25) is 0 Å². The van der Waals surface area contributed by atoms with Crippen LogP contribution in [0.2, 0.25) is 0 Å². The number of rotatable bonds is 4. The van der Waals surface area contributed by atoms with Crippen molar-refractivity contribution < 1.29 is 18.9 Å². The molecule has 1 radical (unpaired) electrons. The van der Waals surface area contributed by atoms with E-state index in [0.717, 1.165) is 18.4 Å². The van der Waals surface area contributed by atoms with Crippen molar-refractivity contribution in [2.45, 2.75) is 64.3 Å². The standard InChI is InChI=1S/C15H23BFO3/c1-14(2,18)15(3,4)20-16-11-8-10-6-5-7-19-13(10)9-12(11)17/h8,13,18H,5-7,9H2,1-4H3. The van der Waals surface area contributed by atoms with Gasteiger partial charge in [0.05, 0.1) is 23.1 Å². The summed E-state index contributed by atoms with van der Waals surface area (Å²) >= 11 is 0. The van der Waals surface area contributed by atoms with Crippen molar-refractivity contribution in [2.24, 2.45) is 0 Å². The van der Waals surface area contributed by atoms with E-state index < -0.39 is 11.2 Å². The van der Waals surface area contributed by atoms with Crippen molar-refractivity contribution in [3.63, 3.8) is 0 Å². The number of hydrogen-bond donors (Lipinski definition) is 1. The van der Waals surface area contributed by atoms with Crippen LogP contribution in [-0.2, 0) is 9.39 Å². The second-order valence-electron chi connectivity index (χ2n) is 6.55. The molecule has 0 aromatic heterocycles. The van der Waals surface area contributed by atoms with Crippen molar-refractivity contribution in [3.05, 3.63) is 22.9 Å². The van der Waals surface area contributed by atoms with Crippen LogP contribution in [0.1, 0.15) is 47.0 Å². The largest absolute Gasteiger partial charge is 0.427 e. The fraction of sp³-hybridized carbons (Fsp3) is 0.733. The number of hydrogen-bond acceptors (Lipinski definition) is 3. The molecule has 2 aliphatic rings. The van der Waals surface area contributed by atoms with E-state index in [2.05, 4.69) is 0 Å². The Morgan fingerprint density at radius 2 is 2.10 bits per heavy atom. The quantitative estimate of drug-likeness (QED) is 0.805. The minimum atomic E-state index is -1.02. The van der Waals surface area contributed by atoms with Crippen molar-refractivity contribution in [1.82, 2.24) is 0 Å². The highest BCUT2D eigenvalue weighted by Gasteiger charge is 2.36. The second kappa shape index (κ2) is 5.62. The lowest BCUT2D eigenvalue weighted by molar-refractivity contribution is -0.0897. The van der Waals surface area contributed by atoms with Gasteiger partial charge in [-0.3, -0.25) is 0 Å². The van der Waals surface area contributed by atoms with Gasteiger partial charge in [0.15, 0.2) is 0 Å². The van der Waals surface area contributed by atoms with Gasteiger partial charge in [0.25, 0.3) is 0 Å². The van der Waals surface area contributed by atoms with Crippen molar-refractivity contribution >= 4 is 7.48 Å². The molecule has 1 unspecified atom stereocenters. The Kier molecular flexibility index (Phi) is 4.43. The summed E-state index contributed by atoms with van der Waals surface area (Å²) in [5, 5.41) is 10.0. The monoisotopic (exact) mass is 281 g/mol. The van der Waals surface area contributed by atoms with E-state index >= 15 is 0 Å². The molecule has 1 N–H and O–H groups in total. The summed E-state index contributed by atoms with van der Waals surface area (Å²) in [6, 6.07) is 0. The molecule has 1 atom stereocenters. The molecular formula is C15H23BFO3. The molecular weight excluding hydrogens is 258 g/mol. The van der Waals surface area contributed by atoms with E-state index in [-0.39, 0.29) is 18.4 Å². The average molecular weight is 281 g/mol. The number of fused-ring (bicyclic) bond motifs is 1. The minimum absolute atomic E-state index is 0.108. The Bertz CT molecular complexity index is 435. The van der Waals surface area contributed by atoms with Crippen LogP contribution < -0.4 is 0 Å². The summed E-state index contributed by atoms with van der Waals surface area (Å²) in [4.78, 5) is 0. The molecule has 5 heteroatoms. The number of halogens is 1. The van der Waals surface area contributed by atoms with E-state index in [1.807, 2.05) is 6.08 Å². The Hall–Kier alpha value is -0.645. The zero-order valence-corrected chi connectivity index (χ0v) is 12.7. The highest BCUT2D eigenvalue weighted by atomic mass is 19.1. The Morgan fingerprint density at radius 3 is 2.75 bits per heavy atom. The number of aliphatic hydroxyl groups is 1. The molecule has 20 heavy (non-hydrogen) atoms. The molecule has 0 aromatic rings. The summed E-state index contributed by atoms with van der Waals surface area (Å²) in [5.41, 5.74) is -0.218. The average Bonchev–Trinajstić information content (AvgIpc) is 2.35. The van der Waals surface area contributed by atoms with Gasteiger partial charge < -0.3 is 14.5 Å². The number of allylic oxidation sites excluding steroid dienone is 2. The Morgan fingerprint density at radius 1 is 1.40 bits per heavy atom. The van der Waals surface area contributed by atoms with Crippen LogP contribution in [0.5, 0.6) is 0 Å². The highest BCUT2D eigenvalue weighted by molar-refractivity contribution is 6.39. The fourth-order valence-electron chi connectivity index (χ4n) is 2.14. The summed E-state index contributed by atoms with van der Waals surface area (Å²) in [6.07, 6.45) is 3.92. The van der Waals surface area contributed by atoms with E-state index in [1.54, 1.807) is 27.7 Å². The van der Waals surface area contributed by atoms with Crippen LogP contribution in [0.3, 0.4) is 0 Å². The molecule has 2 rings (SSSR count). The van der Waals surface area contributed by atoms with Gasteiger partial charge >= 0.3 is 7.48 Å². The maximum absolute atomic E-state index is 14.1. The van der Waals surface area contributed by atoms with E-state index in [0.29, 0.717) is 12.1 Å². The first-order valence-corrected chi connectivity index (χ1v) is 7.15. The van der Waals surface area contributed by atoms with Gasteiger partial charge in [-0.25, -0.2) is 4.39 Å². The first-order valence-electron chi connectivity index (χ1n) is 7.15. The Labute approximate surface area is 121 Å². The van der Waals surface area contributed by atoms with E-state index in [9.17, 15) is 9.50 Å². The lowest BCUT2D eigenvalue weighted by Crippen LogP contribution is -2.48. The highest BCUT2D eigenvalue weighted by Crippen LogP contribution is 2.33. The third-order valence-corrected chi connectivity index (χ3v) is 4.32. The SMILES string of the molecule is CC(C)(O)C(C)(C)O[B]C1=C(F)CC2OCCCC2=C1. The van der Waals surface area contributed by atoms with Gasteiger partial charge in [-0.1, -0.05) is 6.08 Å². The zero-order valence-electron chi connectivity index (χ0n) is 12.7. The second-order valence-corrected chi connectivity index (χ2v) is 6.55. The third kappa shape index (κ3) is 3.33. The smallest absolute Gasteiger partial charge is 0.333 e. The summed E-state index contributed by atoms with van der Waals surface area (Å²) < 4.78 is 25.3. The van der Waals surface area contributed by atoms with Gasteiger partial charge in [-0.15, -0.1) is 0 Å². The van der Waals surface area contributed by atoms with Gasteiger partial charge in [0.1, 0.15) is 0 Å². The van der Waals surface area contributed by atoms with Crippen molar-refractivity contribution in [1.29, 1.82) is 0 Å². The van der Waals surface area contributed by atoms with Crippen molar-refractivity contribution in [3.8, 4) is 0 Å². The summed E-state index contributed by atoms with van der Waals surface area (Å²) in [6.45, 7) is 7.62. The summed E-state index contributed by atoms with van der Waals surface area (Å²) in [7, 11) is 1.42. The minimum Gasteiger partial charge on any atom is -0.427 e. The molecule has 0 amide bonds. The molecule has 0 saturated carbocycles. The van der Waals surface area contributed by atoms with E-state index in [4.69, 9.17) is 9.39 Å². The molecule has 3 nitrogen and oxygen atoms in total. The van der Waals surface area contributed by atoms with Gasteiger partial charge in [0, 0.05) is 13.0 Å². The molecule has 1 saturated heterocycles. The molecule has 0 aromatic carbocycles. The van der Waals surface area contributed by atoms with Gasteiger partial charge in [-0.05, 0) is 51.6 Å². The van der Waals surface area contributed by atoms with Crippen LogP contribution >= 0.6 is 0 Å². The first kappa shape index (κ1) is 15.7. The Balaban J connectivity index is 2.05. The van der Waals surface area contributed by atoms with Crippen LogP contribution in [0.25, 0.3) is 0 Å². The van der Waals surface area contributed by atoms with Crippen LogP contribution in [0.15, 0.2) is 22.9 Å². The van der Waals surface area contributed by atoms with Crippen LogP contribution in [0, 0.1) is 0 Å². The predicted octanol–water partition coefficient (Wildman–Crippen LogP) is 2.86. The molecule has 1 fully saturated rings. The maximum Gasteiger partial charge on any atom is 0.333 e. The van der Waals surface area contributed by atoms with Crippen LogP contribution in [0.4, 0.5) is 4.39 Å². The van der Waals surface area contributed by atoms with Gasteiger partial charge in [-0.2, -0.15) is 0 Å². The molecule has 0 bridgehead atoms. The lowest BCUT2D eigenvalue weighted by atomic mass is 9.76. The van der Waals surface area contributed by atoms with Crippen LogP contribution in [-0.4, -0.2) is 36.5 Å².